The number of halogens is 3. The normalized spacial score (nSPS) is 15.9. The minimum atomic E-state index is -4.43. The van der Waals surface area contributed by atoms with Gasteiger partial charge in [0.15, 0.2) is 5.70 Å². The maximum absolute atomic E-state index is 12.4. The first-order valence-corrected chi connectivity index (χ1v) is 5.30. The van der Waals surface area contributed by atoms with Crippen LogP contribution in [0.4, 0.5) is 19.1 Å². The van der Waals surface area contributed by atoms with Crippen molar-refractivity contribution in [3.05, 3.63) is 29.9 Å². The van der Waals surface area contributed by atoms with Crippen LogP contribution in [0.1, 0.15) is 25.3 Å². The third kappa shape index (κ3) is 2.53. The molecule has 1 aromatic heterocycles. The highest BCUT2D eigenvalue weighted by molar-refractivity contribution is 5.37. The quantitative estimate of drug-likeness (QED) is 0.848. The Morgan fingerprint density at radius 2 is 1.83 bits per heavy atom. The van der Waals surface area contributed by atoms with E-state index < -0.39 is 11.9 Å². The minimum absolute atomic E-state index is 0.145. The molecular weight excluding hydrogens is 247 g/mol. The van der Waals surface area contributed by atoms with Gasteiger partial charge in [-0.05, 0) is 11.5 Å². The number of aromatic nitrogens is 2. The molecule has 0 aliphatic carbocycles. The Hall–Kier alpha value is -1.83. The van der Waals surface area contributed by atoms with E-state index in [1.165, 1.54) is 0 Å². The summed E-state index contributed by atoms with van der Waals surface area (Å²) in [4.78, 5) is 8.00. The average Bonchev–Trinajstić information content (AvgIpc) is 2.78. The van der Waals surface area contributed by atoms with Crippen LogP contribution in [0.15, 0.2) is 24.3 Å². The van der Waals surface area contributed by atoms with E-state index in [0.29, 0.717) is 0 Å². The number of nitrogens with one attached hydrogen (secondary N) is 2. The molecule has 0 radical (unpaired) electrons. The molecule has 98 valence electrons. The molecule has 0 aromatic carbocycles. The summed E-state index contributed by atoms with van der Waals surface area (Å²) in [5, 5.41) is 1.08. The highest BCUT2D eigenvalue weighted by Gasteiger charge is 2.37. The summed E-state index contributed by atoms with van der Waals surface area (Å²) < 4.78 is 37.1. The third-order valence-corrected chi connectivity index (χ3v) is 2.41. The molecule has 0 unspecified atom stereocenters. The van der Waals surface area contributed by atoms with E-state index in [-0.39, 0.29) is 11.9 Å². The second-order valence-corrected chi connectivity index (χ2v) is 4.12. The van der Waals surface area contributed by atoms with Gasteiger partial charge in [-0.1, -0.05) is 13.8 Å². The van der Waals surface area contributed by atoms with Crippen LogP contribution < -0.4 is 16.0 Å². The van der Waals surface area contributed by atoms with Crippen LogP contribution in [0.25, 0.3) is 0 Å². The van der Waals surface area contributed by atoms with Gasteiger partial charge in [-0.3, -0.25) is 5.43 Å². The number of hydrogen-bond acceptors (Lipinski definition) is 5. The van der Waals surface area contributed by atoms with Crippen molar-refractivity contribution in [1.82, 2.24) is 20.9 Å². The number of alkyl halides is 3. The van der Waals surface area contributed by atoms with Crippen molar-refractivity contribution in [1.29, 1.82) is 0 Å². The molecule has 0 amide bonds. The van der Waals surface area contributed by atoms with E-state index in [2.05, 4.69) is 15.5 Å². The molecule has 1 aliphatic heterocycles. The van der Waals surface area contributed by atoms with Crippen LogP contribution in [-0.2, 0) is 0 Å². The monoisotopic (exact) mass is 259 g/mol. The zero-order valence-electron chi connectivity index (χ0n) is 9.78. The van der Waals surface area contributed by atoms with Gasteiger partial charge in [0.1, 0.15) is 0 Å². The summed E-state index contributed by atoms with van der Waals surface area (Å²) in [5.41, 5.74) is 4.37. The van der Waals surface area contributed by atoms with Gasteiger partial charge in [-0.2, -0.15) is 13.2 Å². The van der Waals surface area contributed by atoms with Crippen molar-refractivity contribution in [2.45, 2.75) is 25.9 Å². The fourth-order valence-electron chi connectivity index (χ4n) is 1.32. The first-order valence-electron chi connectivity index (χ1n) is 5.30. The molecule has 2 N–H and O–H groups in total. The molecule has 0 bridgehead atoms. The fourth-order valence-corrected chi connectivity index (χ4v) is 1.32. The SMILES string of the molecule is CC(C)c1cnc(N2C=C(C(F)(F)F)NN2)nc1. The van der Waals surface area contributed by atoms with Gasteiger partial charge in [0.05, 0.1) is 6.20 Å². The second-order valence-electron chi connectivity index (χ2n) is 4.12. The number of hydrogen-bond donors (Lipinski definition) is 2. The van der Waals surface area contributed by atoms with Gasteiger partial charge in [0.2, 0.25) is 5.95 Å². The summed E-state index contributed by atoms with van der Waals surface area (Å²) >= 11 is 0. The molecule has 2 heterocycles. The molecule has 0 atom stereocenters. The average molecular weight is 259 g/mol. The summed E-state index contributed by atoms with van der Waals surface area (Å²) in [6.45, 7) is 3.96. The predicted molar refractivity (Wildman–Crippen MR) is 59.0 cm³/mol. The number of rotatable bonds is 2. The number of hydrazine groups is 2. The maximum Gasteiger partial charge on any atom is 0.433 e. The van der Waals surface area contributed by atoms with Crippen LogP contribution in [-0.4, -0.2) is 16.1 Å². The Kier molecular flexibility index (Phi) is 3.12. The van der Waals surface area contributed by atoms with Crippen molar-refractivity contribution in [2.24, 2.45) is 0 Å². The standard InChI is InChI=1S/C10H12F3N5/c1-6(2)7-3-14-9(15-4-7)18-5-8(16-17-18)10(11,12)13/h3-6,16-17H,1-2H3. The Morgan fingerprint density at radius 3 is 2.28 bits per heavy atom. The number of nitrogens with zero attached hydrogens (tertiary/aromatic N) is 3. The second kappa shape index (κ2) is 4.45. The van der Waals surface area contributed by atoms with Gasteiger partial charge in [-0.25, -0.2) is 15.0 Å². The van der Waals surface area contributed by atoms with E-state index in [1.807, 2.05) is 19.3 Å². The van der Waals surface area contributed by atoms with Gasteiger partial charge in [-0.15, -0.1) is 5.53 Å². The van der Waals surface area contributed by atoms with E-state index in [0.717, 1.165) is 16.8 Å². The Morgan fingerprint density at radius 1 is 1.22 bits per heavy atom. The lowest BCUT2D eigenvalue weighted by atomic mass is 10.1. The highest BCUT2D eigenvalue weighted by Crippen LogP contribution is 2.26. The summed E-state index contributed by atoms with van der Waals surface area (Å²) in [6, 6.07) is 0. The van der Waals surface area contributed by atoms with Crippen molar-refractivity contribution in [2.75, 3.05) is 5.01 Å². The number of allylic oxidation sites excluding steroid dienone is 1. The van der Waals surface area contributed by atoms with Crippen molar-refractivity contribution in [3.63, 3.8) is 0 Å². The zero-order valence-corrected chi connectivity index (χ0v) is 9.78. The molecule has 0 spiro atoms. The van der Waals surface area contributed by atoms with Crippen molar-refractivity contribution >= 4 is 5.95 Å². The third-order valence-electron chi connectivity index (χ3n) is 2.41. The van der Waals surface area contributed by atoms with Gasteiger partial charge >= 0.3 is 6.18 Å². The lowest BCUT2D eigenvalue weighted by molar-refractivity contribution is -0.0965. The van der Waals surface area contributed by atoms with Crippen LogP contribution in [0.2, 0.25) is 0 Å². The van der Waals surface area contributed by atoms with Crippen molar-refractivity contribution in [3.8, 4) is 0 Å². The first kappa shape index (κ1) is 12.6. The molecule has 2 rings (SSSR count). The molecule has 0 saturated heterocycles. The van der Waals surface area contributed by atoms with Gasteiger partial charge in [0, 0.05) is 12.4 Å². The smallest absolute Gasteiger partial charge is 0.298 e. The molecular formula is C10H12F3N5. The van der Waals surface area contributed by atoms with Crippen LogP contribution in [0.5, 0.6) is 0 Å². The lowest BCUT2D eigenvalue weighted by Crippen LogP contribution is -2.39. The summed E-state index contributed by atoms with van der Waals surface area (Å²) in [6.07, 6.45) is -0.383. The first-order chi connectivity index (χ1) is 8.38. The fraction of sp³-hybridized carbons (Fsp3) is 0.400. The van der Waals surface area contributed by atoms with Crippen LogP contribution >= 0.6 is 0 Å². The van der Waals surface area contributed by atoms with E-state index >= 15 is 0 Å². The van der Waals surface area contributed by atoms with E-state index in [1.54, 1.807) is 12.4 Å². The molecule has 18 heavy (non-hydrogen) atoms. The molecule has 1 aliphatic rings. The van der Waals surface area contributed by atoms with E-state index in [4.69, 9.17) is 0 Å². The molecule has 0 fully saturated rings. The topological polar surface area (TPSA) is 53.1 Å². The molecule has 0 saturated carbocycles. The molecule has 5 nitrogen and oxygen atoms in total. The van der Waals surface area contributed by atoms with Crippen LogP contribution in [0.3, 0.4) is 0 Å². The Labute approximate surface area is 102 Å². The van der Waals surface area contributed by atoms with E-state index in [9.17, 15) is 13.2 Å². The zero-order chi connectivity index (χ0) is 13.3. The molecule has 1 aromatic rings. The summed E-state index contributed by atoms with van der Waals surface area (Å²) in [5.74, 6) is 0.413. The largest absolute Gasteiger partial charge is 0.433 e. The highest BCUT2D eigenvalue weighted by atomic mass is 19.4. The molecule has 8 heteroatoms. The maximum atomic E-state index is 12.4. The van der Waals surface area contributed by atoms with Crippen molar-refractivity contribution < 1.29 is 13.2 Å². The number of anilines is 1. The Bertz CT molecular complexity index is 452. The lowest BCUT2D eigenvalue weighted by Gasteiger charge is -2.13. The predicted octanol–water partition coefficient (Wildman–Crippen LogP) is 1.83. The summed E-state index contributed by atoms with van der Waals surface area (Å²) in [7, 11) is 0. The minimum Gasteiger partial charge on any atom is -0.298 e. The van der Waals surface area contributed by atoms with Gasteiger partial charge < -0.3 is 0 Å². The van der Waals surface area contributed by atoms with Gasteiger partial charge in [0.25, 0.3) is 0 Å². The van der Waals surface area contributed by atoms with Crippen LogP contribution in [0, 0.1) is 0 Å². The Balaban J connectivity index is 2.17.